The summed E-state index contributed by atoms with van der Waals surface area (Å²) >= 11 is 0. The van der Waals surface area contributed by atoms with Gasteiger partial charge in [0.2, 0.25) is 11.7 Å². The fraction of sp³-hybridized carbons (Fsp3) is 0.500. The number of benzene rings is 1. The van der Waals surface area contributed by atoms with Crippen molar-refractivity contribution in [1.29, 1.82) is 0 Å². The molecular weight excluding hydrogens is 520 g/mol. The third-order valence-corrected chi connectivity index (χ3v) is 8.91. The molecule has 6 rings (SSSR count). The first-order valence-corrected chi connectivity index (χ1v) is 14.8. The number of amides is 1. The molecule has 0 bridgehead atoms. The number of hydrogen-bond acceptors (Lipinski definition) is 8. The summed E-state index contributed by atoms with van der Waals surface area (Å²) in [5.41, 5.74) is 3.87. The monoisotopic (exact) mass is 558 g/mol. The number of carbonyl (C=O) groups excluding carboxylic acids is 3. The largest absolute Gasteiger partial charge is 0.480 e. The molecule has 2 atom stereocenters. The van der Waals surface area contributed by atoms with E-state index >= 15 is 0 Å². The maximum atomic E-state index is 14.1. The molecule has 9 nitrogen and oxygen atoms in total. The van der Waals surface area contributed by atoms with E-state index in [1.54, 1.807) is 19.5 Å². The average molecular weight is 559 g/mol. The Bertz CT molecular complexity index is 1330. The Balaban J connectivity index is 1.16. The lowest BCUT2D eigenvalue weighted by atomic mass is 9.87. The van der Waals surface area contributed by atoms with E-state index in [2.05, 4.69) is 14.8 Å². The minimum absolute atomic E-state index is 0.0486. The smallest absolute Gasteiger partial charge is 0.236 e. The Hall–Kier alpha value is -3.40. The Kier molecular flexibility index (Phi) is 8.27. The zero-order chi connectivity index (χ0) is 28.3. The molecule has 1 aromatic heterocycles. The molecule has 0 spiro atoms. The highest BCUT2D eigenvalue weighted by Gasteiger charge is 2.43. The standard InChI is InChI=1S/C32H38N4O5/c1-40-18-17-34-13-15-35(16-14-34)21-28(38)36-12-2-3-25(20-36)32-30(39)29(31(41-32)22-8-10-33-11-9-22)24-4-6-26-23(19-24)5-7-27(26)37/h4,6,8-11,19,25,32H,2-3,5,7,12-18,20-21H2,1H3. The van der Waals surface area contributed by atoms with Gasteiger partial charge in [0.1, 0.15) is 5.76 Å². The summed E-state index contributed by atoms with van der Waals surface area (Å²) in [7, 11) is 1.72. The van der Waals surface area contributed by atoms with Crippen LogP contribution in [0.1, 0.15) is 46.3 Å². The van der Waals surface area contributed by atoms with E-state index in [0.29, 0.717) is 43.8 Å². The minimum atomic E-state index is -0.650. The minimum Gasteiger partial charge on any atom is -0.480 e. The summed E-state index contributed by atoms with van der Waals surface area (Å²) in [4.78, 5) is 50.3. The van der Waals surface area contributed by atoms with Gasteiger partial charge in [0, 0.05) is 88.8 Å². The first kappa shape index (κ1) is 27.8. The predicted molar refractivity (Wildman–Crippen MR) is 154 cm³/mol. The number of fused-ring (bicyclic) bond motifs is 1. The van der Waals surface area contributed by atoms with Gasteiger partial charge >= 0.3 is 0 Å². The summed E-state index contributed by atoms with van der Waals surface area (Å²) < 4.78 is 11.7. The lowest BCUT2D eigenvalue weighted by Crippen LogP contribution is -2.52. The summed E-state index contributed by atoms with van der Waals surface area (Å²) in [6, 6.07) is 9.40. The lowest BCUT2D eigenvalue weighted by molar-refractivity contribution is -0.137. The predicted octanol–water partition coefficient (Wildman–Crippen LogP) is 2.55. The van der Waals surface area contributed by atoms with Crippen LogP contribution in [0.25, 0.3) is 11.3 Å². The number of likely N-dealkylation sites (tertiary alicyclic amines) is 1. The number of ether oxygens (including phenoxy) is 2. The van der Waals surface area contributed by atoms with Crippen LogP contribution in [0.4, 0.5) is 0 Å². The topological polar surface area (TPSA) is 92.3 Å². The maximum Gasteiger partial charge on any atom is 0.236 e. The molecule has 216 valence electrons. The van der Waals surface area contributed by atoms with E-state index in [1.165, 1.54) is 0 Å². The van der Waals surface area contributed by atoms with Gasteiger partial charge in [0.25, 0.3) is 0 Å². The average Bonchev–Trinajstić information content (AvgIpc) is 3.56. The van der Waals surface area contributed by atoms with Crippen LogP contribution in [0.15, 0.2) is 42.7 Å². The summed E-state index contributed by atoms with van der Waals surface area (Å²) in [5, 5.41) is 0. The molecule has 2 fully saturated rings. The molecule has 1 aliphatic carbocycles. The number of aromatic nitrogens is 1. The van der Waals surface area contributed by atoms with E-state index in [0.717, 1.165) is 74.4 Å². The third-order valence-electron chi connectivity index (χ3n) is 8.91. The number of aryl methyl sites for hydroxylation is 1. The molecule has 2 saturated heterocycles. The van der Waals surface area contributed by atoms with Crippen LogP contribution in [0, 0.1) is 5.92 Å². The second-order valence-electron chi connectivity index (χ2n) is 11.5. The molecule has 0 radical (unpaired) electrons. The van der Waals surface area contributed by atoms with Crippen molar-refractivity contribution in [2.45, 2.75) is 31.8 Å². The lowest BCUT2D eigenvalue weighted by Gasteiger charge is -2.38. The van der Waals surface area contributed by atoms with Crippen LogP contribution in [0.5, 0.6) is 0 Å². The molecule has 2 unspecified atom stereocenters. The van der Waals surface area contributed by atoms with Crippen molar-refractivity contribution in [1.82, 2.24) is 19.7 Å². The van der Waals surface area contributed by atoms with E-state index in [4.69, 9.17) is 9.47 Å². The molecule has 0 N–H and O–H groups in total. The van der Waals surface area contributed by atoms with Gasteiger partial charge in [-0.1, -0.05) is 18.2 Å². The van der Waals surface area contributed by atoms with Gasteiger partial charge in [-0.05, 0) is 42.5 Å². The fourth-order valence-electron chi connectivity index (χ4n) is 6.57. The number of piperidine rings is 1. The van der Waals surface area contributed by atoms with Crippen molar-refractivity contribution >= 4 is 28.8 Å². The van der Waals surface area contributed by atoms with Crippen LogP contribution in [0.2, 0.25) is 0 Å². The van der Waals surface area contributed by atoms with Gasteiger partial charge in [-0.15, -0.1) is 0 Å². The molecular formula is C32H38N4O5. The Morgan fingerprint density at radius 2 is 1.78 bits per heavy atom. The highest BCUT2D eigenvalue weighted by Crippen LogP contribution is 2.41. The van der Waals surface area contributed by atoms with Crippen LogP contribution < -0.4 is 0 Å². The molecule has 4 heterocycles. The summed E-state index contributed by atoms with van der Waals surface area (Å²) in [5.74, 6) is 0.698. The molecule has 41 heavy (non-hydrogen) atoms. The van der Waals surface area contributed by atoms with Crippen LogP contribution in [-0.4, -0.2) is 109 Å². The number of ketones is 2. The fourth-order valence-corrected chi connectivity index (χ4v) is 6.57. The van der Waals surface area contributed by atoms with E-state index in [9.17, 15) is 14.4 Å². The Labute approximate surface area is 241 Å². The second-order valence-corrected chi connectivity index (χ2v) is 11.5. The highest BCUT2D eigenvalue weighted by molar-refractivity contribution is 6.31. The maximum absolute atomic E-state index is 14.1. The zero-order valence-electron chi connectivity index (χ0n) is 23.7. The van der Waals surface area contributed by atoms with Crippen molar-refractivity contribution in [2.24, 2.45) is 5.92 Å². The SMILES string of the molecule is COCCN1CCN(CC(=O)N2CCCC(C3OC(c4ccncc4)=C(c4ccc5c(c4)CCC5=O)C3=O)C2)CC1. The summed E-state index contributed by atoms with van der Waals surface area (Å²) in [6.45, 7) is 6.88. The molecule has 1 aromatic carbocycles. The van der Waals surface area contributed by atoms with Crippen molar-refractivity contribution in [3.05, 3.63) is 65.0 Å². The van der Waals surface area contributed by atoms with Gasteiger partial charge in [-0.25, -0.2) is 0 Å². The van der Waals surface area contributed by atoms with Gasteiger partial charge < -0.3 is 14.4 Å². The molecule has 9 heteroatoms. The number of methoxy groups -OCH3 is 1. The summed E-state index contributed by atoms with van der Waals surface area (Å²) in [6.07, 6.45) is 5.62. The third kappa shape index (κ3) is 5.84. The van der Waals surface area contributed by atoms with Gasteiger partial charge in [-0.2, -0.15) is 0 Å². The number of rotatable bonds is 8. The van der Waals surface area contributed by atoms with E-state index < -0.39 is 6.10 Å². The Morgan fingerprint density at radius 1 is 1.00 bits per heavy atom. The quantitative estimate of drug-likeness (QED) is 0.488. The molecule has 0 saturated carbocycles. The van der Waals surface area contributed by atoms with E-state index in [-0.39, 0.29) is 23.4 Å². The van der Waals surface area contributed by atoms with Crippen LogP contribution in [-0.2, 0) is 25.5 Å². The van der Waals surface area contributed by atoms with Gasteiger partial charge in [-0.3, -0.25) is 29.2 Å². The Morgan fingerprint density at radius 3 is 2.56 bits per heavy atom. The number of carbonyl (C=O) groups is 3. The van der Waals surface area contributed by atoms with E-state index in [1.807, 2.05) is 35.2 Å². The van der Waals surface area contributed by atoms with Gasteiger partial charge in [0.05, 0.1) is 18.7 Å². The molecule has 2 aromatic rings. The molecule has 4 aliphatic rings. The number of piperazine rings is 1. The molecule has 1 amide bonds. The number of nitrogens with zero attached hydrogens (tertiary/aromatic N) is 4. The first-order valence-electron chi connectivity index (χ1n) is 14.8. The van der Waals surface area contributed by atoms with Crippen LogP contribution in [0.3, 0.4) is 0 Å². The van der Waals surface area contributed by atoms with Crippen molar-refractivity contribution in [2.75, 3.05) is 66.1 Å². The second kappa shape index (κ2) is 12.2. The van der Waals surface area contributed by atoms with Crippen LogP contribution >= 0.6 is 0 Å². The van der Waals surface area contributed by atoms with Crippen molar-refractivity contribution in [3.63, 3.8) is 0 Å². The highest BCUT2D eigenvalue weighted by atomic mass is 16.5. The normalized spacial score (nSPS) is 23.7. The number of hydrogen-bond donors (Lipinski definition) is 0. The first-order chi connectivity index (χ1) is 20.0. The number of pyridine rings is 1. The number of Topliss-reactive ketones (excluding diaryl/α,β-unsaturated/α-hetero) is 2. The molecule has 3 aliphatic heterocycles. The van der Waals surface area contributed by atoms with Gasteiger partial charge in [0.15, 0.2) is 11.9 Å². The van der Waals surface area contributed by atoms with Crippen molar-refractivity contribution < 1.29 is 23.9 Å². The van der Waals surface area contributed by atoms with Crippen molar-refractivity contribution in [3.8, 4) is 0 Å². The zero-order valence-corrected chi connectivity index (χ0v) is 23.7.